The minimum Gasteiger partial charge on any atom is -0.322 e. The molecule has 1 aliphatic rings. The van der Waals surface area contributed by atoms with Gasteiger partial charge in [-0.1, -0.05) is 17.7 Å². The first-order chi connectivity index (χ1) is 14.9. The fourth-order valence-corrected chi connectivity index (χ4v) is 4.38. The number of carbonyl (C=O) groups is 3. The Bertz CT molecular complexity index is 1150. The summed E-state index contributed by atoms with van der Waals surface area (Å²) < 4.78 is 13.1. The Hall–Kier alpha value is -3.45. The van der Waals surface area contributed by atoms with Crippen LogP contribution in [0, 0.1) is 12.7 Å². The molecule has 0 saturated carbocycles. The maximum atomic E-state index is 13.1. The summed E-state index contributed by atoms with van der Waals surface area (Å²) in [5.41, 5.74) is 2.59. The van der Waals surface area contributed by atoms with Crippen LogP contribution in [0.25, 0.3) is 0 Å². The molecule has 0 bridgehead atoms. The topological polar surface area (TPSA) is 66.5 Å². The fourth-order valence-electron chi connectivity index (χ4n) is 3.33. The molecular weight excluding hydrogens is 415 g/mol. The van der Waals surface area contributed by atoms with Crippen LogP contribution >= 0.6 is 11.8 Å². The molecule has 0 aliphatic carbocycles. The molecule has 1 N–H and O–H groups in total. The first-order valence-electron chi connectivity index (χ1n) is 9.68. The zero-order chi connectivity index (χ0) is 22.0. The second-order valence-corrected chi connectivity index (χ2v) is 8.48. The Kier molecular flexibility index (Phi) is 5.86. The molecule has 0 radical (unpaired) electrons. The highest BCUT2D eigenvalue weighted by Gasteiger charge is 2.40. The van der Waals surface area contributed by atoms with Crippen molar-refractivity contribution in [2.24, 2.45) is 0 Å². The van der Waals surface area contributed by atoms with Crippen LogP contribution in [0.3, 0.4) is 0 Å². The van der Waals surface area contributed by atoms with Gasteiger partial charge in [-0.05, 0) is 67.6 Å². The third-order valence-corrected chi connectivity index (χ3v) is 6.06. The van der Waals surface area contributed by atoms with Crippen molar-refractivity contribution in [3.63, 3.8) is 0 Å². The molecule has 0 spiro atoms. The first-order valence-corrected chi connectivity index (χ1v) is 10.6. The summed E-state index contributed by atoms with van der Waals surface area (Å²) >= 11 is 1.29. The average Bonchev–Trinajstić information content (AvgIpc) is 3.03. The number of nitrogens with zero attached hydrogens (tertiary/aromatic N) is 1. The number of rotatable bonds is 5. The van der Waals surface area contributed by atoms with Gasteiger partial charge in [0.25, 0.3) is 5.91 Å². The zero-order valence-electron chi connectivity index (χ0n) is 16.7. The first kappa shape index (κ1) is 20.8. The van der Waals surface area contributed by atoms with Crippen molar-refractivity contribution >= 4 is 40.9 Å². The number of amides is 3. The molecular formula is C24H19FN2O3S. The molecule has 7 heteroatoms. The quantitative estimate of drug-likeness (QED) is 0.585. The lowest BCUT2D eigenvalue weighted by Crippen LogP contribution is -2.31. The van der Waals surface area contributed by atoms with E-state index < -0.39 is 11.1 Å². The fraction of sp³-hybridized carbons (Fsp3) is 0.125. The second kappa shape index (κ2) is 8.73. The molecule has 1 saturated heterocycles. The minimum atomic E-state index is -0.551. The van der Waals surface area contributed by atoms with E-state index in [1.54, 1.807) is 30.3 Å². The van der Waals surface area contributed by atoms with Gasteiger partial charge in [0.15, 0.2) is 0 Å². The predicted molar refractivity (Wildman–Crippen MR) is 119 cm³/mol. The van der Waals surface area contributed by atoms with Crippen molar-refractivity contribution in [3.8, 4) is 0 Å². The van der Waals surface area contributed by atoms with Gasteiger partial charge in [-0.25, -0.2) is 9.29 Å². The number of imide groups is 1. The number of carbonyl (C=O) groups excluding carboxylic acids is 3. The van der Waals surface area contributed by atoms with Gasteiger partial charge in [0, 0.05) is 22.6 Å². The van der Waals surface area contributed by atoms with Crippen LogP contribution in [-0.2, 0) is 9.59 Å². The van der Waals surface area contributed by atoms with E-state index in [2.05, 4.69) is 5.32 Å². The molecule has 4 rings (SSSR count). The summed E-state index contributed by atoms with van der Waals surface area (Å²) in [5.74, 6) is -1.26. The van der Waals surface area contributed by atoms with Gasteiger partial charge >= 0.3 is 0 Å². The van der Waals surface area contributed by atoms with Crippen molar-refractivity contribution in [2.75, 3.05) is 10.2 Å². The Balaban J connectivity index is 1.41. The van der Waals surface area contributed by atoms with Crippen LogP contribution in [0.1, 0.15) is 22.3 Å². The Morgan fingerprint density at radius 1 is 1.03 bits per heavy atom. The van der Waals surface area contributed by atoms with Gasteiger partial charge in [0.1, 0.15) is 5.82 Å². The number of thioether (sulfide) groups is 1. The Morgan fingerprint density at radius 3 is 2.42 bits per heavy atom. The van der Waals surface area contributed by atoms with Crippen molar-refractivity contribution in [2.45, 2.75) is 23.5 Å². The van der Waals surface area contributed by atoms with Gasteiger partial charge in [0.2, 0.25) is 11.8 Å². The molecule has 1 heterocycles. The van der Waals surface area contributed by atoms with Crippen molar-refractivity contribution in [3.05, 3.63) is 89.7 Å². The number of halogens is 1. The highest BCUT2D eigenvalue weighted by atomic mass is 32.2. The summed E-state index contributed by atoms with van der Waals surface area (Å²) in [4.78, 5) is 39.4. The number of hydrogen-bond acceptors (Lipinski definition) is 4. The standard InChI is InChI=1S/C24H19FN2O3S/c1-15-3-2-4-16(13-15)23(29)26-18-7-11-20(12-8-18)31-21-14-22(28)27(24(21)30)19-9-5-17(25)6-10-19/h2-13,21H,14H2,1H3,(H,26,29). The number of nitrogens with one attached hydrogen (secondary N) is 1. The maximum absolute atomic E-state index is 13.1. The van der Waals surface area contributed by atoms with Crippen LogP contribution in [-0.4, -0.2) is 23.0 Å². The highest BCUT2D eigenvalue weighted by Crippen LogP contribution is 2.34. The molecule has 1 aliphatic heterocycles. The summed E-state index contributed by atoms with van der Waals surface area (Å²) in [5, 5.41) is 2.30. The second-order valence-electron chi connectivity index (χ2n) is 7.20. The van der Waals surface area contributed by atoms with Crippen LogP contribution in [0.5, 0.6) is 0 Å². The van der Waals surface area contributed by atoms with Crippen molar-refractivity contribution in [1.82, 2.24) is 0 Å². The van der Waals surface area contributed by atoms with E-state index in [1.807, 2.05) is 25.1 Å². The molecule has 1 fully saturated rings. The molecule has 1 unspecified atom stereocenters. The van der Waals surface area contributed by atoms with Crippen molar-refractivity contribution in [1.29, 1.82) is 0 Å². The molecule has 3 aromatic rings. The number of aryl methyl sites for hydroxylation is 1. The van der Waals surface area contributed by atoms with E-state index in [0.717, 1.165) is 15.4 Å². The molecule has 31 heavy (non-hydrogen) atoms. The minimum absolute atomic E-state index is 0.0761. The van der Waals surface area contributed by atoms with Gasteiger partial charge in [0.05, 0.1) is 10.9 Å². The third-order valence-electron chi connectivity index (χ3n) is 4.86. The van der Waals surface area contributed by atoms with Crippen LogP contribution in [0.2, 0.25) is 0 Å². The lowest BCUT2D eigenvalue weighted by Gasteiger charge is -2.15. The molecule has 5 nitrogen and oxygen atoms in total. The zero-order valence-corrected chi connectivity index (χ0v) is 17.5. The summed E-state index contributed by atoms with van der Waals surface area (Å²) in [6.07, 6.45) is 0.0761. The van der Waals surface area contributed by atoms with E-state index in [0.29, 0.717) is 16.9 Å². The third kappa shape index (κ3) is 4.67. The van der Waals surface area contributed by atoms with Gasteiger partial charge < -0.3 is 5.32 Å². The average molecular weight is 434 g/mol. The monoisotopic (exact) mass is 434 g/mol. The summed E-state index contributed by atoms with van der Waals surface area (Å²) in [6.45, 7) is 1.93. The molecule has 0 aromatic heterocycles. The lowest BCUT2D eigenvalue weighted by atomic mass is 10.1. The molecule has 3 amide bonds. The van der Waals surface area contributed by atoms with Crippen molar-refractivity contribution < 1.29 is 18.8 Å². The SMILES string of the molecule is Cc1cccc(C(=O)Nc2ccc(SC3CC(=O)N(c4ccc(F)cc4)C3=O)cc2)c1. The normalized spacial score (nSPS) is 15.9. The van der Waals surface area contributed by atoms with Gasteiger partial charge in [-0.2, -0.15) is 0 Å². The van der Waals surface area contributed by atoms with E-state index in [4.69, 9.17) is 0 Å². The molecule has 1 atom stereocenters. The van der Waals surface area contributed by atoms with Crippen LogP contribution in [0.4, 0.5) is 15.8 Å². The largest absolute Gasteiger partial charge is 0.322 e. The van der Waals surface area contributed by atoms with E-state index in [-0.39, 0.29) is 24.1 Å². The van der Waals surface area contributed by atoms with Crippen LogP contribution < -0.4 is 10.2 Å². The van der Waals surface area contributed by atoms with E-state index in [9.17, 15) is 18.8 Å². The highest BCUT2D eigenvalue weighted by molar-refractivity contribution is 8.00. The summed E-state index contributed by atoms with van der Waals surface area (Å²) in [7, 11) is 0. The smallest absolute Gasteiger partial charge is 0.255 e. The lowest BCUT2D eigenvalue weighted by molar-refractivity contribution is -0.121. The maximum Gasteiger partial charge on any atom is 0.255 e. The Morgan fingerprint density at radius 2 is 1.74 bits per heavy atom. The summed E-state index contributed by atoms with van der Waals surface area (Å²) in [6, 6.07) is 19.7. The number of benzene rings is 3. The molecule has 156 valence electrons. The van der Waals surface area contributed by atoms with Gasteiger partial charge in [-0.3, -0.25) is 14.4 Å². The number of anilines is 2. The van der Waals surface area contributed by atoms with E-state index >= 15 is 0 Å². The predicted octanol–water partition coefficient (Wildman–Crippen LogP) is 4.81. The van der Waals surface area contributed by atoms with Gasteiger partial charge in [-0.15, -0.1) is 11.8 Å². The van der Waals surface area contributed by atoms with Crippen LogP contribution in [0.15, 0.2) is 77.7 Å². The molecule has 3 aromatic carbocycles. The van der Waals surface area contributed by atoms with E-state index in [1.165, 1.54) is 36.0 Å². The Labute approximate surface area is 183 Å². The number of hydrogen-bond donors (Lipinski definition) is 1.